The molecule has 110 valence electrons. The summed E-state index contributed by atoms with van der Waals surface area (Å²) in [6, 6.07) is 0. The van der Waals surface area contributed by atoms with Gasteiger partial charge in [0.25, 0.3) is 0 Å². The lowest BCUT2D eigenvalue weighted by molar-refractivity contribution is -0.139. The molecule has 19 heavy (non-hydrogen) atoms. The van der Waals surface area contributed by atoms with Crippen LogP contribution in [0.25, 0.3) is 0 Å². The van der Waals surface area contributed by atoms with Crippen LogP contribution in [0.1, 0.15) is 20.8 Å². The number of allylic oxidation sites excluding steroid dienone is 2. The van der Waals surface area contributed by atoms with E-state index in [1.165, 1.54) is 6.92 Å². The minimum atomic E-state index is -4.48. The topological polar surface area (TPSA) is 37.3 Å². The average molecular weight is 314 g/mol. The fourth-order valence-corrected chi connectivity index (χ4v) is 3.30. The van der Waals surface area contributed by atoms with Gasteiger partial charge in [0, 0.05) is 0 Å². The van der Waals surface area contributed by atoms with Crippen molar-refractivity contribution in [2.45, 2.75) is 26.9 Å². The first kappa shape index (κ1) is 18.4. The summed E-state index contributed by atoms with van der Waals surface area (Å²) in [5.74, 6) is -1.03. The Hall–Kier alpha value is -0.560. The highest BCUT2D eigenvalue weighted by molar-refractivity contribution is 8.22. The minimum absolute atomic E-state index is 0.186. The lowest BCUT2D eigenvalue weighted by Gasteiger charge is -2.14. The predicted molar refractivity (Wildman–Crippen MR) is 75.3 cm³/mol. The molecule has 0 aliphatic rings. The molecule has 0 aliphatic carbocycles. The zero-order valence-electron chi connectivity index (χ0n) is 11.0. The van der Waals surface area contributed by atoms with E-state index in [-0.39, 0.29) is 4.24 Å². The maximum absolute atomic E-state index is 13.0. The summed E-state index contributed by atoms with van der Waals surface area (Å²) in [5, 5.41) is 8.68. The molecule has 2 nitrogen and oxygen atoms in total. The van der Waals surface area contributed by atoms with Gasteiger partial charge in [-0.25, -0.2) is 0 Å². The molecular formula is C12H17F3O2S2. The standard InChI is InChI=1S/C12H17F3O2S2/c1-4-18-11(19-5-2)9(12(13,14)15)7-6-8(3)10(16)17/h6-8H,4-5H2,1-3H3,(H,16,17)/b7-6+. The van der Waals surface area contributed by atoms with Gasteiger partial charge in [-0.1, -0.05) is 26.0 Å². The van der Waals surface area contributed by atoms with Gasteiger partial charge in [-0.3, -0.25) is 4.79 Å². The Bertz CT molecular complexity index is 354. The predicted octanol–water partition coefficient (Wildman–Crippen LogP) is 4.54. The zero-order valence-corrected chi connectivity index (χ0v) is 12.6. The molecule has 0 rings (SSSR count). The number of aliphatic carboxylic acids is 1. The van der Waals surface area contributed by atoms with Crippen LogP contribution in [-0.4, -0.2) is 28.8 Å². The number of hydrogen-bond donors (Lipinski definition) is 1. The maximum Gasteiger partial charge on any atom is 0.417 e. The lowest BCUT2D eigenvalue weighted by atomic mass is 10.1. The maximum atomic E-state index is 13.0. The summed E-state index contributed by atoms with van der Waals surface area (Å²) in [4.78, 5) is 10.6. The molecule has 0 saturated carbocycles. The highest BCUT2D eigenvalue weighted by Crippen LogP contribution is 2.39. The monoisotopic (exact) mass is 314 g/mol. The lowest BCUT2D eigenvalue weighted by Crippen LogP contribution is -2.13. The highest BCUT2D eigenvalue weighted by Gasteiger charge is 2.35. The number of carboxylic acid groups (broad SMARTS) is 1. The van der Waals surface area contributed by atoms with Gasteiger partial charge in [-0.2, -0.15) is 13.2 Å². The van der Waals surface area contributed by atoms with E-state index in [1.54, 1.807) is 13.8 Å². The highest BCUT2D eigenvalue weighted by atomic mass is 32.2. The van der Waals surface area contributed by atoms with Gasteiger partial charge in [-0.05, 0) is 18.4 Å². The fourth-order valence-electron chi connectivity index (χ4n) is 1.06. The summed E-state index contributed by atoms with van der Waals surface area (Å²) in [6.45, 7) is 4.89. The van der Waals surface area contributed by atoms with E-state index < -0.39 is 23.6 Å². The van der Waals surface area contributed by atoms with Crippen molar-refractivity contribution in [2.75, 3.05) is 11.5 Å². The molecule has 0 saturated heterocycles. The van der Waals surface area contributed by atoms with Crippen LogP contribution in [0.2, 0.25) is 0 Å². The van der Waals surface area contributed by atoms with E-state index >= 15 is 0 Å². The second kappa shape index (κ2) is 8.58. The van der Waals surface area contributed by atoms with E-state index in [4.69, 9.17) is 5.11 Å². The first-order chi connectivity index (χ1) is 8.73. The molecule has 1 unspecified atom stereocenters. The summed E-state index contributed by atoms with van der Waals surface area (Å²) in [7, 11) is 0. The Morgan fingerprint density at radius 1 is 1.26 bits per heavy atom. The van der Waals surface area contributed by atoms with Crippen molar-refractivity contribution in [3.8, 4) is 0 Å². The first-order valence-corrected chi connectivity index (χ1v) is 7.69. The van der Waals surface area contributed by atoms with Crippen molar-refractivity contribution in [1.29, 1.82) is 0 Å². The molecule has 0 aromatic heterocycles. The van der Waals surface area contributed by atoms with Crippen LogP contribution in [0.5, 0.6) is 0 Å². The van der Waals surface area contributed by atoms with E-state index in [9.17, 15) is 18.0 Å². The molecule has 0 aliphatic heterocycles. The SMILES string of the molecule is CCSC(SCC)=C(/C=C/C(C)C(=O)O)C(F)(F)F. The van der Waals surface area contributed by atoms with Crippen molar-refractivity contribution >= 4 is 29.5 Å². The van der Waals surface area contributed by atoms with Crippen LogP contribution in [0, 0.1) is 5.92 Å². The van der Waals surface area contributed by atoms with E-state index in [0.29, 0.717) is 11.5 Å². The van der Waals surface area contributed by atoms with Crippen molar-refractivity contribution in [2.24, 2.45) is 5.92 Å². The molecule has 0 bridgehead atoms. The van der Waals surface area contributed by atoms with E-state index in [0.717, 1.165) is 35.7 Å². The van der Waals surface area contributed by atoms with E-state index in [2.05, 4.69) is 0 Å². The Labute approximate surface area is 119 Å². The van der Waals surface area contributed by atoms with Crippen LogP contribution in [-0.2, 0) is 4.79 Å². The summed E-state index contributed by atoms with van der Waals surface area (Å²) in [6.07, 6.45) is -2.54. The Kier molecular flexibility index (Phi) is 8.33. The minimum Gasteiger partial charge on any atom is -0.481 e. The van der Waals surface area contributed by atoms with Crippen molar-refractivity contribution < 1.29 is 23.1 Å². The van der Waals surface area contributed by atoms with Crippen molar-refractivity contribution in [3.05, 3.63) is 22.0 Å². The van der Waals surface area contributed by atoms with Gasteiger partial charge < -0.3 is 5.11 Å². The third-order valence-electron chi connectivity index (χ3n) is 2.02. The largest absolute Gasteiger partial charge is 0.481 e. The molecule has 0 radical (unpaired) electrons. The van der Waals surface area contributed by atoms with Gasteiger partial charge in [0.05, 0.1) is 15.7 Å². The Balaban J connectivity index is 5.41. The molecular weight excluding hydrogens is 297 g/mol. The fraction of sp³-hybridized carbons (Fsp3) is 0.583. The summed E-state index contributed by atoms with van der Waals surface area (Å²) in [5.41, 5.74) is -0.765. The van der Waals surface area contributed by atoms with Crippen LogP contribution >= 0.6 is 23.5 Å². The quantitative estimate of drug-likeness (QED) is 0.700. The normalized spacial score (nSPS) is 13.6. The average Bonchev–Trinajstić information content (AvgIpc) is 2.27. The molecule has 0 amide bonds. The molecule has 1 N–H and O–H groups in total. The molecule has 0 aromatic carbocycles. The van der Waals surface area contributed by atoms with Crippen molar-refractivity contribution in [1.82, 2.24) is 0 Å². The number of rotatable bonds is 7. The number of halogens is 3. The zero-order chi connectivity index (χ0) is 15.1. The molecule has 0 spiro atoms. The smallest absolute Gasteiger partial charge is 0.417 e. The summed E-state index contributed by atoms with van der Waals surface area (Å²) < 4.78 is 39.1. The van der Waals surface area contributed by atoms with Gasteiger partial charge in [0.1, 0.15) is 0 Å². The van der Waals surface area contributed by atoms with Crippen LogP contribution < -0.4 is 0 Å². The summed E-state index contributed by atoms with van der Waals surface area (Å²) >= 11 is 2.24. The second-order valence-corrected chi connectivity index (χ2v) is 6.36. The second-order valence-electron chi connectivity index (χ2n) is 3.55. The van der Waals surface area contributed by atoms with Gasteiger partial charge in [0.15, 0.2) is 0 Å². The molecule has 0 heterocycles. The molecule has 7 heteroatoms. The van der Waals surface area contributed by atoms with E-state index in [1.807, 2.05) is 0 Å². The number of carbonyl (C=O) groups is 1. The van der Waals surface area contributed by atoms with Gasteiger partial charge in [0.2, 0.25) is 0 Å². The number of alkyl halides is 3. The Morgan fingerprint density at radius 3 is 2.05 bits per heavy atom. The van der Waals surface area contributed by atoms with Gasteiger partial charge >= 0.3 is 12.1 Å². The molecule has 0 aromatic rings. The van der Waals surface area contributed by atoms with Crippen LogP contribution in [0.3, 0.4) is 0 Å². The third kappa shape index (κ3) is 6.96. The van der Waals surface area contributed by atoms with Gasteiger partial charge in [-0.15, -0.1) is 23.5 Å². The van der Waals surface area contributed by atoms with Crippen LogP contribution in [0.4, 0.5) is 13.2 Å². The number of thioether (sulfide) groups is 2. The Morgan fingerprint density at radius 2 is 1.74 bits per heavy atom. The number of hydrogen-bond acceptors (Lipinski definition) is 3. The van der Waals surface area contributed by atoms with Crippen molar-refractivity contribution in [3.63, 3.8) is 0 Å². The molecule has 1 atom stereocenters. The third-order valence-corrected chi connectivity index (χ3v) is 4.27. The van der Waals surface area contributed by atoms with Crippen LogP contribution in [0.15, 0.2) is 22.0 Å². The first-order valence-electron chi connectivity index (χ1n) is 5.72. The molecule has 0 fully saturated rings. The number of carboxylic acids is 1.